The normalized spacial score (nSPS) is 54.4. The van der Waals surface area contributed by atoms with E-state index in [1.807, 2.05) is 20.8 Å². The zero-order chi connectivity index (χ0) is 10.1. The van der Waals surface area contributed by atoms with E-state index in [9.17, 15) is 0 Å². The molecule has 0 amide bonds. The first-order chi connectivity index (χ1) is 6.52. The summed E-state index contributed by atoms with van der Waals surface area (Å²) < 4.78 is 17.1. The van der Waals surface area contributed by atoms with Crippen LogP contribution in [-0.4, -0.2) is 41.4 Å². The smallest absolute Gasteiger partial charge is 0.228 e. The zero-order valence-corrected chi connectivity index (χ0v) is 12.1. The van der Waals surface area contributed by atoms with Gasteiger partial charge >= 0.3 is 0 Å². The number of rotatable bonds is 1. The topological polar surface area (TPSA) is 51.2 Å². The van der Waals surface area contributed by atoms with Crippen LogP contribution in [0.5, 0.6) is 0 Å². The Morgan fingerprint density at radius 2 is 1.93 bits per heavy atom. The average molecular weight is 289 g/mol. The average Bonchev–Trinajstić information content (AvgIpc) is 2.58. The molecule has 3 heterocycles. The van der Waals surface area contributed by atoms with Gasteiger partial charge in [0, 0.05) is 38.6 Å². The molecule has 1 spiro atoms. The summed E-state index contributed by atoms with van der Waals surface area (Å²) in [5.74, 6) is -0.244. The fourth-order valence-electron chi connectivity index (χ4n) is 2.68. The Kier molecular flexibility index (Phi) is 2.87. The van der Waals surface area contributed by atoms with Gasteiger partial charge in [-0.15, -0.1) is 0 Å². The van der Waals surface area contributed by atoms with Crippen molar-refractivity contribution in [3.05, 3.63) is 0 Å². The predicted molar refractivity (Wildman–Crippen MR) is 47.7 cm³/mol. The molecule has 3 saturated heterocycles. The molecule has 1 radical (unpaired) electrons. The molecule has 0 aromatic heterocycles. The van der Waals surface area contributed by atoms with Crippen LogP contribution in [0.15, 0.2) is 0 Å². The zero-order valence-electron chi connectivity index (χ0n) is 9.27. The van der Waals surface area contributed by atoms with Crippen LogP contribution in [-0.2, 0) is 46.9 Å². The van der Waals surface area contributed by atoms with E-state index in [1.165, 1.54) is 0 Å². The summed E-state index contributed by atoms with van der Waals surface area (Å²) in [5.41, 5.74) is -0.224. The first kappa shape index (κ1) is 12.4. The van der Waals surface area contributed by atoms with E-state index in [2.05, 4.69) is 0 Å². The van der Waals surface area contributed by atoms with Crippen molar-refractivity contribution in [3.63, 3.8) is 0 Å². The van der Waals surface area contributed by atoms with Gasteiger partial charge in [-0.2, -0.15) is 0 Å². The maximum absolute atomic E-state index is 9.10. The summed E-state index contributed by atoms with van der Waals surface area (Å²) in [4.78, 5) is 0. The van der Waals surface area contributed by atoms with Crippen LogP contribution in [0, 0.1) is 5.92 Å². The molecule has 3 aliphatic rings. The van der Waals surface area contributed by atoms with Crippen molar-refractivity contribution in [3.8, 4) is 0 Å². The van der Waals surface area contributed by atoms with E-state index in [4.69, 9.17) is 19.3 Å². The molecule has 15 heavy (non-hydrogen) atoms. The van der Waals surface area contributed by atoms with Gasteiger partial charge in [0.05, 0.1) is 18.8 Å². The number of ether oxygens (including phenoxy) is 3. The fourth-order valence-corrected chi connectivity index (χ4v) is 2.68. The second-order valence-electron chi connectivity index (χ2n) is 5.00. The summed E-state index contributed by atoms with van der Waals surface area (Å²) in [6.45, 7) is 6.12. The van der Waals surface area contributed by atoms with E-state index in [0.717, 1.165) is 0 Å². The van der Waals surface area contributed by atoms with Crippen LogP contribution >= 0.6 is 0 Å². The number of aliphatic hydroxyl groups is 1. The van der Waals surface area contributed by atoms with Crippen LogP contribution in [0.4, 0.5) is 0 Å². The van der Waals surface area contributed by atoms with Crippen LogP contribution < -0.4 is 0 Å². The Hall–Kier alpha value is 0.944. The maximum Gasteiger partial charge on any atom is 0.228 e. The van der Waals surface area contributed by atoms with Crippen LogP contribution in [0.3, 0.4) is 0 Å². The third kappa shape index (κ3) is 1.36. The van der Waals surface area contributed by atoms with E-state index in [-0.39, 0.29) is 69.1 Å². The maximum atomic E-state index is 9.10. The van der Waals surface area contributed by atoms with Gasteiger partial charge in [0.25, 0.3) is 0 Å². The third-order valence-corrected chi connectivity index (χ3v) is 3.79. The summed E-state index contributed by atoms with van der Waals surface area (Å²) in [7, 11) is 0. The summed E-state index contributed by atoms with van der Waals surface area (Å²) >= 11 is 0. The third-order valence-electron chi connectivity index (χ3n) is 3.79. The Balaban J connectivity index is 0.000000853. The number of epoxide rings is 1. The van der Waals surface area contributed by atoms with Crippen molar-refractivity contribution in [2.24, 2.45) is 5.92 Å². The van der Waals surface area contributed by atoms with Crippen molar-refractivity contribution in [2.45, 2.75) is 50.5 Å². The molecule has 4 nitrogen and oxygen atoms in total. The Morgan fingerprint density at radius 1 is 1.33 bits per heavy atom. The molecule has 3 fully saturated rings. The molecule has 0 aliphatic carbocycles. The molecule has 0 bridgehead atoms. The van der Waals surface area contributed by atoms with Gasteiger partial charge < -0.3 is 19.3 Å². The molecule has 0 saturated carbocycles. The molecule has 1 N–H and O–H groups in total. The first-order valence-electron chi connectivity index (χ1n) is 5.16. The molecule has 0 aromatic rings. The molecule has 83 valence electrons. The minimum Gasteiger partial charge on any atom is -0.394 e. The van der Waals surface area contributed by atoms with Gasteiger partial charge in [0.2, 0.25) is 5.79 Å². The summed E-state index contributed by atoms with van der Waals surface area (Å²) in [6.07, 6.45) is 0.0305. The number of hydrogen-bond donors (Lipinski definition) is 1. The van der Waals surface area contributed by atoms with E-state index >= 15 is 0 Å². The number of fused-ring (bicyclic) bond motifs is 2. The van der Waals surface area contributed by atoms with Crippen LogP contribution in [0.2, 0.25) is 0 Å². The van der Waals surface area contributed by atoms with E-state index < -0.39 is 5.79 Å². The molecule has 0 aromatic carbocycles. The summed E-state index contributed by atoms with van der Waals surface area (Å²) in [5, 5.41) is 9.10. The molecule has 5 atom stereocenters. The quantitative estimate of drug-likeness (QED) is 0.705. The second kappa shape index (κ2) is 3.47. The van der Waals surface area contributed by atoms with Gasteiger partial charge in [-0.3, -0.25) is 0 Å². The van der Waals surface area contributed by atoms with Gasteiger partial charge in [-0.25, -0.2) is 0 Å². The Bertz CT molecular complexity index is 283. The monoisotopic (exact) mass is 289 g/mol. The van der Waals surface area contributed by atoms with E-state index in [1.54, 1.807) is 0 Å². The Morgan fingerprint density at radius 3 is 2.40 bits per heavy atom. The molecule has 3 rings (SSSR count). The minimum atomic E-state index is -0.504. The fraction of sp³-hybridized carbons (Fsp3) is 1.00. The molecule has 5 heteroatoms. The van der Waals surface area contributed by atoms with Gasteiger partial charge in [-0.1, -0.05) is 6.92 Å². The molecular formula is C10H16O4Y. The molecule has 2 unspecified atom stereocenters. The Labute approximate surface area is 115 Å². The minimum absolute atomic E-state index is 0. The number of hydrogen-bond acceptors (Lipinski definition) is 4. The predicted octanol–water partition coefficient (Wildman–Crippen LogP) is 0.284. The van der Waals surface area contributed by atoms with Gasteiger partial charge in [0.1, 0.15) is 11.7 Å². The second-order valence-corrected chi connectivity index (χ2v) is 5.00. The summed E-state index contributed by atoms with van der Waals surface area (Å²) in [6, 6.07) is 0. The first-order valence-corrected chi connectivity index (χ1v) is 5.16. The van der Waals surface area contributed by atoms with Crippen molar-refractivity contribution in [1.29, 1.82) is 0 Å². The standard InChI is InChI=1S/C10H16O4.Y/c1-5-6(4-11)12-8-7(5)13-10(8)9(2,3)14-10;/h5-8,11H,4H2,1-3H3;/t5-,6+,7?,8-,10?;/m0./s1. The van der Waals surface area contributed by atoms with Crippen molar-refractivity contribution >= 4 is 0 Å². The van der Waals surface area contributed by atoms with Crippen molar-refractivity contribution in [2.75, 3.05) is 6.61 Å². The van der Waals surface area contributed by atoms with Crippen molar-refractivity contribution < 1.29 is 52.0 Å². The van der Waals surface area contributed by atoms with Crippen LogP contribution in [0.25, 0.3) is 0 Å². The number of aliphatic hydroxyl groups excluding tert-OH is 1. The largest absolute Gasteiger partial charge is 0.394 e. The molecule has 3 aliphatic heterocycles. The molecular weight excluding hydrogens is 273 g/mol. The van der Waals surface area contributed by atoms with Gasteiger partial charge in [0.15, 0.2) is 0 Å². The van der Waals surface area contributed by atoms with Crippen molar-refractivity contribution in [1.82, 2.24) is 0 Å². The SMILES string of the molecule is C[C@@H]1C2OC3(OC3(C)C)[C@H]2O[C@@H]1CO.[Y]. The van der Waals surface area contributed by atoms with Gasteiger partial charge in [-0.05, 0) is 13.8 Å². The van der Waals surface area contributed by atoms with Crippen LogP contribution in [0.1, 0.15) is 20.8 Å². The van der Waals surface area contributed by atoms with E-state index in [0.29, 0.717) is 0 Å².